The van der Waals surface area contributed by atoms with Crippen molar-refractivity contribution in [3.05, 3.63) is 23.8 Å². The number of phenolic OH excluding ortho intramolecular Hbond substituents is 2. The maximum Gasteiger partial charge on any atom is 0.258 e. The summed E-state index contributed by atoms with van der Waals surface area (Å²) in [6, 6.07) is 3.19. The lowest BCUT2D eigenvalue weighted by molar-refractivity contribution is -0.127. The Morgan fingerprint density at radius 2 is 2.17 bits per heavy atom. The van der Waals surface area contributed by atoms with E-state index in [1.165, 1.54) is 17.0 Å². The molecule has 96 valence electrons. The molecular formula is C12H14N2O4. The molecule has 1 heterocycles. The number of carbonyl (C=O) groups is 2. The van der Waals surface area contributed by atoms with E-state index in [-0.39, 0.29) is 23.0 Å². The average molecular weight is 250 g/mol. The maximum absolute atomic E-state index is 12.2. The summed E-state index contributed by atoms with van der Waals surface area (Å²) >= 11 is 0. The van der Waals surface area contributed by atoms with Crippen molar-refractivity contribution >= 4 is 11.8 Å². The third-order valence-corrected chi connectivity index (χ3v) is 2.97. The second-order valence-electron chi connectivity index (χ2n) is 4.17. The summed E-state index contributed by atoms with van der Waals surface area (Å²) < 4.78 is 0. The van der Waals surface area contributed by atoms with E-state index in [2.05, 4.69) is 5.32 Å². The van der Waals surface area contributed by atoms with Gasteiger partial charge in [0.15, 0.2) is 0 Å². The number of hydrogen-bond acceptors (Lipinski definition) is 4. The molecule has 6 nitrogen and oxygen atoms in total. The molecule has 6 heteroatoms. The molecule has 1 aliphatic heterocycles. The van der Waals surface area contributed by atoms with Crippen LogP contribution in [0.3, 0.4) is 0 Å². The molecule has 3 N–H and O–H groups in total. The molecule has 0 aliphatic carbocycles. The predicted octanol–water partition coefficient (Wildman–Crippen LogP) is 0.0583. The van der Waals surface area contributed by atoms with Gasteiger partial charge in [-0.25, -0.2) is 0 Å². The van der Waals surface area contributed by atoms with Gasteiger partial charge in [0.05, 0.1) is 5.56 Å². The number of piperazine rings is 1. The van der Waals surface area contributed by atoms with Gasteiger partial charge in [0.25, 0.3) is 5.91 Å². The van der Waals surface area contributed by atoms with Crippen LogP contribution in [0.5, 0.6) is 11.5 Å². The van der Waals surface area contributed by atoms with E-state index in [0.717, 1.165) is 6.07 Å². The number of rotatable bonds is 1. The highest BCUT2D eigenvalue weighted by atomic mass is 16.3. The van der Waals surface area contributed by atoms with Gasteiger partial charge in [-0.15, -0.1) is 0 Å². The van der Waals surface area contributed by atoms with E-state index in [9.17, 15) is 19.8 Å². The van der Waals surface area contributed by atoms with E-state index < -0.39 is 11.9 Å². The summed E-state index contributed by atoms with van der Waals surface area (Å²) in [4.78, 5) is 25.1. The van der Waals surface area contributed by atoms with Gasteiger partial charge in [-0.2, -0.15) is 0 Å². The summed E-state index contributed by atoms with van der Waals surface area (Å²) in [7, 11) is 0. The van der Waals surface area contributed by atoms with Crippen molar-refractivity contribution < 1.29 is 19.8 Å². The van der Waals surface area contributed by atoms with Gasteiger partial charge in [-0.1, -0.05) is 0 Å². The van der Waals surface area contributed by atoms with E-state index >= 15 is 0 Å². The molecule has 0 radical (unpaired) electrons. The molecule has 0 bridgehead atoms. The van der Waals surface area contributed by atoms with Crippen LogP contribution in [0.15, 0.2) is 18.2 Å². The van der Waals surface area contributed by atoms with Gasteiger partial charge in [0.1, 0.15) is 17.5 Å². The molecule has 1 fully saturated rings. The van der Waals surface area contributed by atoms with Crippen LogP contribution in [0.1, 0.15) is 17.3 Å². The molecule has 1 aliphatic rings. The molecule has 0 spiro atoms. The Hall–Kier alpha value is -2.24. The highest BCUT2D eigenvalue weighted by Crippen LogP contribution is 2.24. The Morgan fingerprint density at radius 3 is 2.83 bits per heavy atom. The third kappa shape index (κ3) is 2.09. The quantitative estimate of drug-likeness (QED) is 0.657. The van der Waals surface area contributed by atoms with Crippen LogP contribution in [0, 0.1) is 0 Å². The third-order valence-electron chi connectivity index (χ3n) is 2.97. The Balaban J connectivity index is 2.28. The molecule has 1 aromatic carbocycles. The molecule has 1 atom stereocenters. The zero-order valence-corrected chi connectivity index (χ0v) is 9.88. The van der Waals surface area contributed by atoms with Gasteiger partial charge in [-0.05, 0) is 19.1 Å². The van der Waals surface area contributed by atoms with Crippen LogP contribution in [-0.4, -0.2) is 46.1 Å². The number of aromatic hydroxyl groups is 2. The first-order chi connectivity index (χ1) is 8.50. The fourth-order valence-electron chi connectivity index (χ4n) is 1.92. The highest BCUT2D eigenvalue weighted by Gasteiger charge is 2.30. The van der Waals surface area contributed by atoms with Gasteiger partial charge in [0.2, 0.25) is 5.91 Å². The lowest BCUT2D eigenvalue weighted by Gasteiger charge is -2.32. The first kappa shape index (κ1) is 12.2. The smallest absolute Gasteiger partial charge is 0.258 e. The second kappa shape index (κ2) is 4.56. The number of nitrogens with zero attached hydrogens (tertiary/aromatic N) is 1. The summed E-state index contributed by atoms with van der Waals surface area (Å²) in [6.45, 7) is 2.42. The van der Waals surface area contributed by atoms with Crippen molar-refractivity contribution in [2.75, 3.05) is 13.1 Å². The second-order valence-corrected chi connectivity index (χ2v) is 4.17. The van der Waals surface area contributed by atoms with Crippen LogP contribution in [0.2, 0.25) is 0 Å². The van der Waals surface area contributed by atoms with E-state index in [0.29, 0.717) is 13.1 Å². The van der Waals surface area contributed by atoms with Crippen LogP contribution in [0.25, 0.3) is 0 Å². The van der Waals surface area contributed by atoms with Crippen molar-refractivity contribution in [3.8, 4) is 11.5 Å². The van der Waals surface area contributed by atoms with E-state index in [4.69, 9.17) is 0 Å². The summed E-state index contributed by atoms with van der Waals surface area (Å²) in [5.41, 5.74) is 0.0781. The number of phenols is 2. The molecular weight excluding hydrogens is 236 g/mol. The predicted molar refractivity (Wildman–Crippen MR) is 63.3 cm³/mol. The minimum absolute atomic E-state index is 0.0781. The maximum atomic E-state index is 12.2. The van der Waals surface area contributed by atoms with E-state index in [1.54, 1.807) is 6.92 Å². The molecule has 2 amide bonds. The van der Waals surface area contributed by atoms with Crippen molar-refractivity contribution in [3.63, 3.8) is 0 Å². The lowest BCUT2D eigenvalue weighted by atomic mass is 10.1. The zero-order chi connectivity index (χ0) is 13.3. The summed E-state index contributed by atoms with van der Waals surface area (Å²) in [6.07, 6.45) is 0. The fourth-order valence-corrected chi connectivity index (χ4v) is 1.92. The summed E-state index contributed by atoms with van der Waals surface area (Å²) in [5, 5.41) is 21.5. The van der Waals surface area contributed by atoms with Gasteiger partial charge < -0.3 is 20.4 Å². The van der Waals surface area contributed by atoms with Crippen LogP contribution >= 0.6 is 0 Å². The minimum Gasteiger partial charge on any atom is -0.508 e. The van der Waals surface area contributed by atoms with Gasteiger partial charge in [0, 0.05) is 19.2 Å². The molecule has 2 rings (SSSR count). The van der Waals surface area contributed by atoms with Gasteiger partial charge >= 0.3 is 0 Å². The molecule has 0 aromatic heterocycles. The number of carbonyl (C=O) groups excluding carboxylic acids is 2. The van der Waals surface area contributed by atoms with Crippen molar-refractivity contribution in [2.24, 2.45) is 0 Å². The standard InChI is InChI=1S/C12H14N2O4/c1-7-11(17)13-4-5-14(7)12(18)9-3-2-8(15)6-10(9)16/h2-3,6-7,15-16H,4-5H2,1H3,(H,13,17). The molecule has 1 aromatic rings. The van der Waals surface area contributed by atoms with Crippen LogP contribution in [-0.2, 0) is 4.79 Å². The molecule has 1 saturated heterocycles. The topological polar surface area (TPSA) is 89.9 Å². The molecule has 1 unspecified atom stereocenters. The molecule has 0 saturated carbocycles. The number of amides is 2. The van der Waals surface area contributed by atoms with Gasteiger partial charge in [-0.3, -0.25) is 9.59 Å². The van der Waals surface area contributed by atoms with Crippen LogP contribution in [0.4, 0.5) is 0 Å². The average Bonchev–Trinajstić information content (AvgIpc) is 2.32. The van der Waals surface area contributed by atoms with E-state index in [1.807, 2.05) is 0 Å². The Morgan fingerprint density at radius 1 is 1.44 bits per heavy atom. The first-order valence-electron chi connectivity index (χ1n) is 5.61. The van der Waals surface area contributed by atoms with Crippen molar-refractivity contribution in [2.45, 2.75) is 13.0 Å². The monoisotopic (exact) mass is 250 g/mol. The number of nitrogens with one attached hydrogen (secondary N) is 1. The SMILES string of the molecule is CC1C(=O)NCCN1C(=O)c1ccc(O)cc1O. The van der Waals surface area contributed by atoms with Crippen molar-refractivity contribution in [1.82, 2.24) is 10.2 Å². The Kier molecular flexibility index (Phi) is 3.10. The largest absolute Gasteiger partial charge is 0.508 e. The number of hydrogen-bond donors (Lipinski definition) is 3. The van der Waals surface area contributed by atoms with Crippen LogP contribution < -0.4 is 5.32 Å². The highest BCUT2D eigenvalue weighted by molar-refractivity contribution is 6.00. The normalized spacial score (nSPS) is 19.5. The molecule has 18 heavy (non-hydrogen) atoms. The fraction of sp³-hybridized carbons (Fsp3) is 0.333. The lowest BCUT2D eigenvalue weighted by Crippen LogP contribution is -2.55. The minimum atomic E-state index is -0.570. The van der Waals surface area contributed by atoms with Crippen molar-refractivity contribution in [1.29, 1.82) is 0 Å². The first-order valence-corrected chi connectivity index (χ1v) is 5.61. The zero-order valence-electron chi connectivity index (χ0n) is 9.88. The summed E-state index contributed by atoms with van der Waals surface area (Å²) in [5.74, 6) is -1.05. The number of benzene rings is 1. The Labute approximate surface area is 104 Å². The Bertz CT molecular complexity index is 501.